The first-order valence-electron chi connectivity index (χ1n) is 6.86. The van der Waals surface area contributed by atoms with Crippen molar-refractivity contribution < 1.29 is 9.18 Å². The first-order chi connectivity index (χ1) is 10.7. The van der Waals surface area contributed by atoms with E-state index >= 15 is 0 Å². The highest BCUT2D eigenvalue weighted by atomic mass is 19.1. The Balaban J connectivity index is 1.70. The number of hydrogen-bond donors (Lipinski definition) is 2. The molecule has 0 fully saturated rings. The lowest BCUT2D eigenvalue weighted by Gasteiger charge is -2.10. The quantitative estimate of drug-likeness (QED) is 0.727. The first-order valence-corrected chi connectivity index (χ1v) is 6.86. The zero-order valence-electron chi connectivity index (χ0n) is 11.7. The molecule has 1 amide bonds. The Morgan fingerprint density at radius 1 is 1.05 bits per heavy atom. The summed E-state index contributed by atoms with van der Waals surface area (Å²) in [5, 5.41) is 0.981. The average Bonchev–Trinajstić information content (AvgIpc) is 2.54. The Hall–Kier alpha value is -2.95. The van der Waals surface area contributed by atoms with Gasteiger partial charge in [0, 0.05) is 11.6 Å². The van der Waals surface area contributed by atoms with Gasteiger partial charge in [-0.05, 0) is 23.8 Å². The number of anilines is 1. The highest BCUT2D eigenvalue weighted by Gasteiger charge is 2.08. The minimum Gasteiger partial charge on any atom is -0.296 e. The third-order valence-corrected chi connectivity index (χ3v) is 3.28. The molecule has 3 aromatic rings. The SMILES string of the molecule is O=C(Cc1cccc2cccnc12)NNc1ccccc1F. The monoisotopic (exact) mass is 295 g/mol. The molecule has 0 saturated heterocycles. The second kappa shape index (κ2) is 6.22. The van der Waals surface area contributed by atoms with Gasteiger partial charge in [-0.15, -0.1) is 0 Å². The molecule has 2 N–H and O–H groups in total. The molecule has 0 bridgehead atoms. The standard InChI is InChI=1S/C17H14FN3O/c18-14-8-1-2-9-15(14)20-21-16(22)11-13-6-3-5-12-7-4-10-19-17(12)13/h1-10,20H,11H2,(H,21,22). The number of benzene rings is 2. The fraction of sp³-hybridized carbons (Fsp3) is 0.0588. The summed E-state index contributed by atoms with van der Waals surface area (Å²) in [5.41, 5.74) is 6.93. The summed E-state index contributed by atoms with van der Waals surface area (Å²) in [6, 6.07) is 15.6. The topological polar surface area (TPSA) is 54.0 Å². The molecule has 22 heavy (non-hydrogen) atoms. The molecular formula is C17H14FN3O. The number of nitrogens with zero attached hydrogens (tertiary/aromatic N) is 1. The molecule has 2 aromatic carbocycles. The summed E-state index contributed by atoms with van der Waals surface area (Å²) < 4.78 is 13.5. The number of nitrogens with one attached hydrogen (secondary N) is 2. The second-order valence-corrected chi connectivity index (χ2v) is 4.82. The number of fused-ring (bicyclic) bond motifs is 1. The number of halogens is 1. The molecule has 0 unspecified atom stereocenters. The van der Waals surface area contributed by atoms with Gasteiger partial charge >= 0.3 is 0 Å². The van der Waals surface area contributed by atoms with Crippen molar-refractivity contribution in [2.75, 3.05) is 5.43 Å². The van der Waals surface area contributed by atoms with E-state index in [2.05, 4.69) is 15.8 Å². The number of rotatable bonds is 4. The fourth-order valence-corrected chi connectivity index (χ4v) is 2.23. The van der Waals surface area contributed by atoms with Gasteiger partial charge in [-0.3, -0.25) is 20.6 Å². The highest BCUT2D eigenvalue weighted by molar-refractivity contribution is 5.87. The van der Waals surface area contributed by atoms with E-state index in [0.717, 1.165) is 16.5 Å². The fourth-order valence-electron chi connectivity index (χ4n) is 2.23. The summed E-state index contributed by atoms with van der Waals surface area (Å²) >= 11 is 0. The van der Waals surface area contributed by atoms with Gasteiger partial charge in [-0.25, -0.2) is 4.39 Å². The van der Waals surface area contributed by atoms with Crippen LogP contribution in [-0.4, -0.2) is 10.9 Å². The number of amides is 1. The van der Waals surface area contributed by atoms with Crippen LogP contribution in [0.1, 0.15) is 5.56 Å². The smallest absolute Gasteiger partial charge is 0.242 e. The van der Waals surface area contributed by atoms with Gasteiger partial charge in [0.2, 0.25) is 5.91 Å². The highest BCUT2D eigenvalue weighted by Crippen LogP contribution is 2.16. The van der Waals surface area contributed by atoms with Gasteiger partial charge in [-0.2, -0.15) is 0 Å². The van der Waals surface area contributed by atoms with Crippen molar-refractivity contribution in [3.8, 4) is 0 Å². The number of hydrazine groups is 1. The van der Waals surface area contributed by atoms with Crippen molar-refractivity contribution in [3.63, 3.8) is 0 Å². The van der Waals surface area contributed by atoms with E-state index in [-0.39, 0.29) is 18.0 Å². The molecule has 0 radical (unpaired) electrons. The van der Waals surface area contributed by atoms with E-state index in [1.807, 2.05) is 30.3 Å². The van der Waals surface area contributed by atoms with E-state index in [4.69, 9.17) is 0 Å². The van der Waals surface area contributed by atoms with Crippen molar-refractivity contribution in [1.29, 1.82) is 0 Å². The molecule has 0 aliphatic heterocycles. The molecule has 0 aliphatic carbocycles. The maximum Gasteiger partial charge on any atom is 0.242 e. The largest absolute Gasteiger partial charge is 0.296 e. The van der Waals surface area contributed by atoms with E-state index in [0.29, 0.717) is 0 Å². The van der Waals surface area contributed by atoms with Crippen LogP contribution in [-0.2, 0) is 11.2 Å². The average molecular weight is 295 g/mol. The van der Waals surface area contributed by atoms with Crippen LogP contribution in [0.5, 0.6) is 0 Å². The van der Waals surface area contributed by atoms with Crippen LogP contribution in [0.2, 0.25) is 0 Å². The van der Waals surface area contributed by atoms with Gasteiger partial charge in [0.25, 0.3) is 0 Å². The lowest BCUT2D eigenvalue weighted by Crippen LogP contribution is -2.31. The lowest BCUT2D eigenvalue weighted by atomic mass is 10.1. The van der Waals surface area contributed by atoms with Gasteiger partial charge < -0.3 is 0 Å². The summed E-state index contributed by atoms with van der Waals surface area (Å²) in [4.78, 5) is 16.3. The number of hydrogen-bond acceptors (Lipinski definition) is 3. The molecule has 4 nitrogen and oxygen atoms in total. The maximum atomic E-state index is 13.5. The maximum absolute atomic E-state index is 13.5. The van der Waals surface area contributed by atoms with Gasteiger partial charge in [-0.1, -0.05) is 36.4 Å². The summed E-state index contributed by atoms with van der Waals surface area (Å²) in [7, 11) is 0. The Kier molecular flexibility index (Phi) is 3.96. The molecule has 0 aliphatic rings. The molecule has 5 heteroatoms. The Bertz CT molecular complexity index is 814. The predicted octanol–water partition coefficient (Wildman–Crippen LogP) is 3.06. The van der Waals surface area contributed by atoms with Crippen LogP contribution in [0.15, 0.2) is 60.8 Å². The van der Waals surface area contributed by atoms with Crippen LogP contribution in [0.25, 0.3) is 10.9 Å². The van der Waals surface area contributed by atoms with Gasteiger partial charge in [0.15, 0.2) is 0 Å². The Morgan fingerprint density at radius 3 is 2.73 bits per heavy atom. The number of aromatic nitrogens is 1. The molecule has 110 valence electrons. The second-order valence-electron chi connectivity index (χ2n) is 4.82. The zero-order valence-corrected chi connectivity index (χ0v) is 11.7. The normalized spacial score (nSPS) is 10.4. The third kappa shape index (κ3) is 3.03. The third-order valence-electron chi connectivity index (χ3n) is 3.28. The van der Waals surface area contributed by atoms with E-state index in [1.165, 1.54) is 6.07 Å². The van der Waals surface area contributed by atoms with E-state index in [9.17, 15) is 9.18 Å². The molecule has 1 aromatic heterocycles. The summed E-state index contributed by atoms with van der Waals surface area (Å²) in [5.74, 6) is -0.684. The van der Waals surface area contributed by atoms with Crippen molar-refractivity contribution >= 4 is 22.5 Å². The molecule has 3 rings (SSSR count). The number of para-hydroxylation sites is 2. The van der Waals surface area contributed by atoms with Crippen molar-refractivity contribution in [2.24, 2.45) is 0 Å². The lowest BCUT2D eigenvalue weighted by molar-refractivity contribution is -0.119. The van der Waals surface area contributed by atoms with Crippen molar-refractivity contribution in [1.82, 2.24) is 10.4 Å². The Labute approximate surface area is 127 Å². The van der Waals surface area contributed by atoms with Gasteiger partial charge in [0.1, 0.15) is 5.82 Å². The van der Waals surface area contributed by atoms with Crippen LogP contribution >= 0.6 is 0 Å². The van der Waals surface area contributed by atoms with E-state index < -0.39 is 5.82 Å². The van der Waals surface area contributed by atoms with Crippen LogP contribution in [0.4, 0.5) is 10.1 Å². The Morgan fingerprint density at radius 2 is 1.86 bits per heavy atom. The number of pyridine rings is 1. The first kappa shape index (κ1) is 14.0. The zero-order chi connectivity index (χ0) is 15.4. The number of carbonyl (C=O) groups is 1. The summed E-state index contributed by atoms with van der Waals surface area (Å²) in [6.45, 7) is 0. The number of carbonyl (C=O) groups excluding carboxylic acids is 1. The molecule has 0 spiro atoms. The van der Waals surface area contributed by atoms with Gasteiger partial charge in [0.05, 0.1) is 17.6 Å². The van der Waals surface area contributed by atoms with E-state index in [1.54, 1.807) is 24.4 Å². The van der Waals surface area contributed by atoms with Crippen molar-refractivity contribution in [3.05, 3.63) is 72.2 Å². The summed E-state index contributed by atoms with van der Waals surface area (Å²) in [6.07, 6.45) is 1.86. The van der Waals surface area contributed by atoms with Crippen LogP contribution in [0.3, 0.4) is 0 Å². The van der Waals surface area contributed by atoms with Crippen LogP contribution in [0, 0.1) is 5.82 Å². The molecule has 0 saturated carbocycles. The minimum atomic E-state index is -0.422. The molecular weight excluding hydrogens is 281 g/mol. The minimum absolute atomic E-state index is 0.163. The predicted molar refractivity (Wildman–Crippen MR) is 83.6 cm³/mol. The van der Waals surface area contributed by atoms with Crippen LogP contribution < -0.4 is 10.9 Å². The molecule has 1 heterocycles. The molecule has 0 atom stereocenters. The van der Waals surface area contributed by atoms with Crippen molar-refractivity contribution in [2.45, 2.75) is 6.42 Å².